The average Bonchev–Trinajstić information content (AvgIpc) is 2.96. The summed E-state index contributed by atoms with van der Waals surface area (Å²) in [6.45, 7) is 2.33. The Hall–Kier alpha value is -1.30. The number of hydrogen-bond donors (Lipinski definition) is 1. The lowest BCUT2D eigenvalue weighted by molar-refractivity contribution is -0.131. The molecule has 6 heteroatoms. The van der Waals surface area contributed by atoms with E-state index in [4.69, 9.17) is 16.3 Å². The van der Waals surface area contributed by atoms with Crippen molar-refractivity contribution in [2.24, 2.45) is 0 Å². The molecule has 1 fully saturated rings. The highest BCUT2D eigenvalue weighted by atomic mass is 35.5. The van der Waals surface area contributed by atoms with Gasteiger partial charge >= 0.3 is 0 Å². The van der Waals surface area contributed by atoms with Crippen LogP contribution in [0.1, 0.15) is 12.8 Å². The number of amides is 1. The number of likely N-dealkylation sites (tertiary alicyclic amines) is 1. The van der Waals surface area contributed by atoms with Crippen LogP contribution in [0.4, 0.5) is 0 Å². The van der Waals surface area contributed by atoms with Gasteiger partial charge in [0.1, 0.15) is 12.4 Å². The van der Waals surface area contributed by atoms with Crippen molar-refractivity contribution in [2.75, 3.05) is 39.9 Å². The molecule has 0 aliphatic carbocycles. The summed E-state index contributed by atoms with van der Waals surface area (Å²) < 4.78 is 5.59. The van der Waals surface area contributed by atoms with Crippen molar-refractivity contribution in [3.63, 3.8) is 0 Å². The molecule has 0 radical (unpaired) electrons. The number of aliphatic hydroxyl groups is 1. The van der Waals surface area contributed by atoms with Crippen molar-refractivity contribution in [2.45, 2.75) is 18.9 Å². The van der Waals surface area contributed by atoms with Gasteiger partial charge in [0.2, 0.25) is 5.91 Å². The van der Waals surface area contributed by atoms with Crippen LogP contribution < -0.4 is 4.74 Å². The second kappa shape index (κ2) is 8.36. The lowest BCUT2D eigenvalue weighted by Gasteiger charge is -2.25. The molecule has 1 N–H and O–H groups in total. The van der Waals surface area contributed by atoms with Gasteiger partial charge in [-0.3, -0.25) is 9.69 Å². The maximum Gasteiger partial charge on any atom is 0.236 e. The molecule has 2 rings (SSSR count). The summed E-state index contributed by atoms with van der Waals surface area (Å²) in [5, 5.41) is 9.95. The van der Waals surface area contributed by atoms with E-state index < -0.39 is 0 Å². The van der Waals surface area contributed by atoms with Crippen molar-refractivity contribution in [3.8, 4) is 5.75 Å². The van der Waals surface area contributed by atoms with Gasteiger partial charge in [0.25, 0.3) is 0 Å². The third-order valence-corrected chi connectivity index (χ3v) is 4.23. The minimum absolute atomic E-state index is 0.0556. The molecule has 0 aromatic heterocycles. The molecule has 0 bridgehead atoms. The highest BCUT2D eigenvalue weighted by Gasteiger charge is 2.26. The van der Waals surface area contributed by atoms with Crippen molar-refractivity contribution >= 4 is 17.5 Å². The van der Waals surface area contributed by atoms with E-state index in [9.17, 15) is 9.90 Å². The first-order valence-corrected chi connectivity index (χ1v) is 7.95. The van der Waals surface area contributed by atoms with E-state index in [1.807, 2.05) is 0 Å². The van der Waals surface area contributed by atoms with Crippen LogP contribution in [0.25, 0.3) is 0 Å². The zero-order valence-electron chi connectivity index (χ0n) is 12.9. The zero-order chi connectivity index (χ0) is 15.9. The minimum Gasteiger partial charge on any atom is -0.492 e. The number of nitrogens with zero attached hydrogens (tertiary/aromatic N) is 2. The van der Waals surface area contributed by atoms with Gasteiger partial charge in [-0.2, -0.15) is 0 Å². The Labute approximate surface area is 136 Å². The first-order chi connectivity index (χ1) is 10.6. The number of benzene rings is 1. The molecule has 22 heavy (non-hydrogen) atoms. The Kier molecular flexibility index (Phi) is 6.49. The minimum atomic E-state index is 0.0556. The number of carbonyl (C=O) groups excluding carboxylic acids is 1. The van der Waals surface area contributed by atoms with Crippen LogP contribution in [0.15, 0.2) is 24.3 Å². The van der Waals surface area contributed by atoms with Gasteiger partial charge in [0, 0.05) is 18.1 Å². The van der Waals surface area contributed by atoms with Crippen molar-refractivity contribution < 1.29 is 14.6 Å². The molecule has 1 atom stereocenters. The van der Waals surface area contributed by atoms with Crippen molar-refractivity contribution in [3.05, 3.63) is 29.3 Å². The summed E-state index contributed by atoms with van der Waals surface area (Å²) in [5.41, 5.74) is 0. The maximum absolute atomic E-state index is 12.2. The predicted octanol–water partition coefficient (Wildman–Crippen LogP) is 1.63. The van der Waals surface area contributed by atoms with Crippen LogP contribution in [-0.2, 0) is 4.79 Å². The van der Waals surface area contributed by atoms with Gasteiger partial charge in [0.05, 0.1) is 19.7 Å². The number of aliphatic hydroxyl groups excluding tert-OH is 1. The highest BCUT2D eigenvalue weighted by molar-refractivity contribution is 6.30. The van der Waals surface area contributed by atoms with Crippen LogP contribution in [0.5, 0.6) is 5.75 Å². The fourth-order valence-corrected chi connectivity index (χ4v) is 2.69. The van der Waals surface area contributed by atoms with Gasteiger partial charge in [-0.15, -0.1) is 0 Å². The van der Waals surface area contributed by atoms with Gasteiger partial charge in [-0.25, -0.2) is 0 Å². The number of ether oxygens (including phenoxy) is 1. The first kappa shape index (κ1) is 17.1. The molecule has 1 amide bonds. The van der Waals surface area contributed by atoms with E-state index >= 15 is 0 Å². The third-order valence-electron chi connectivity index (χ3n) is 3.98. The van der Waals surface area contributed by atoms with Gasteiger partial charge < -0.3 is 14.7 Å². The summed E-state index contributed by atoms with van der Waals surface area (Å²) in [6.07, 6.45) is 2.01. The van der Waals surface area contributed by atoms with E-state index in [0.29, 0.717) is 24.7 Å². The van der Waals surface area contributed by atoms with E-state index in [1.54, 1.807) is 36.2 Å². The smallest absolute Gasteiger partial charge is 0.236 e. The fraction of sp³-hybridized carbons (Fsp3) is 0.562. The summed E-state index contributed by atoms with van der Waals surface area (Å²) >= 11 is 5.81. The van der Waals surface area contributed by atoms with Crippen molar-refractivity contribution in [1.82, 2.24) is 9.80 Å². The third kappa shape index (κ3) is 4.87. The Morgan fingerprint density at radius 3 is 2.86 bits per heavy atom. The molecule has 5 nitrogen and oxygen atoms in total. The van der Waals surface area contributed by atoms with Crippen molar-refractivity contribution in [1.29, 1.82) is 0 Å². The lowest BCUT2D eigenvalue weighted by Crippen LogP contribution is -2.42. The predicted molar refractivity (Wildman–Crippen MR) is 86.3 cm³/mol. The Bertz CT molecular complexity index is 481. The monoisotopic (exact) mass is 326 g/mol. The molecule has 1 aromatic rings. The van der Waals surface area contributed by atoms with E-state index in [0.717, 1.165) is 25.1 Å². The molecule has 0 unspecified atom stereocenters. The fourth-order valence-electron chi connectivity index (χ4n) is 2.56. The van der Waals surface area contributed by atoms with Crippen LogP contribution in [0.3, 0.4) is 0 Å². The van der Waals surface area contributed by atoms with Crippen LogP contribution in [0.2, 0.25) is 5.02 Å². The lowest BCUT2D eigenvalue weighted by atomic mass is 10.2. The first-order valence-electron chi connectivity index (χ1n) is 7.57. The molecule has 1 saturated heterocycles. The number of hydrogen-bond acceptors (Lipinski definition) is 4. The van der Waals surface area contributed by atoms with E-state index in [1.165, 1.54) is 0 Å². The van der Waals surface area contributed by atoms with Crippen LogP contribution >= 0.6 is 11.6 Å². The molecule has 0 saturated carbocycles. The van der Waals surface area contributed by atoms with E-state index in [-0.39, 0.29) is 18.6 Å². The molecule has 122 valence electrons. The molecule has 1 aromatic carbocycles. The summed E-state index contributed by atoms with van der Waals surface area (Å²) in [4.78, 5) is 15.9. The topological polar surface area (TPSA) is 53.0 Å². The largest absolute Gasteiger partial charge is 0.492 e. The van der Waals surface area contributed by atoms with E-state index in [2.05, 4.69) is 4.90 Å². The second-order valence-electron chi connectivity index (χ2n) is 5.57. The molecular formula is C16H23ClN2O3. The molecular weight excluding hydrogens is 304 g/mol. The summed E-state index contributed by atoms with van der Waals surface area (Å²) in [5.74, 6) is 0.796. The molecule has 1 heterocycles. The number of rotatable bonds is 7. The normalized spacial score (nSPS) is 18.4. The van der Waals surface area contributed by atoms with Crippen LogP contribution in [0, 0.1) is 0 Å². The summed E-state index contributed by atoms with van der Waals surface area (Å²) in [6, 6.07) is 7.28. The SMILES string of the molecule is CN(CCOc1ccc(Cl)cc1)C(=O)CN1CCC[C@@H]1CO. The Balaban J connectivity index is 1.71. The summed E-state index contributed by atoms with van der Waals surface area (Å²) in [7, 11) is 1.78. The molecule has 1 aliphatic heterocycles. The molecule has 0 spiro atoms. The zero-order valence-corrected chi connectivity index (χ0v) is 13.6. The highest BCUT2D eigenvalue weighted by Crippen LogP contribution is 2.17. The van der Waals surface area contributed by atoms with Gasteiger partial charge in [-0.05, 0) is 43.7 Å². The van der Waals surface area contributed by atoms with Gasteiger partial charge in [0.15, 0.2) is 0 Å². The van der Waals surface area contributed by atoms with Gasteiger partial charge in [-0.1, -0.05) is 11.6 Å². The standard InChI is InChI=1S/C16H23ClN2O3/c1-18(9-10-22-15-6-4-13(17)5-7-15)16(21)11-19-8-2-3-14(19)12-20/h4-7,14,20H,2-3,8-12H2,1H3/t14-/m1/s1. The van der Waals surface area contributed by atoms with Crippen LogP contribution in [-0.4, -0.2) is 66.8 Å². The Morgan fingerprint density at radius 1 is 1.45 bits per heavy atom. The number of halogens is 1. The number of likely N-dealkylation sites (N-methyl/N-ethyl adjacent to an activating group) is 1. The quantitative estimate of drug-likeness (QED) is 0.827. The maximum atomic E-state index is 12.2. The second-order valence-corrected chi connectivity index (χ2v) is 6.00. The Morgan fingerprint density at radius 2 is 2.18 bits per heavy atom. The molecule has 1 aliphatic rings. The average molecular weight is 327 g/mol. The number of carbonyl (C=O) groups is 1.